The number of nitrogens with zero attached hydrogens (tertiary/aromatic N) is 3. The number of hydroxylamine groups is 1. The lowest BCUT2D eigenvalue weighted by atomic mass is 9.90. The van der Waals surface area contributed by atoms with E-state index in [1.54, 1.807) is 36.4 Å². The van der Waals surface area contributed by atoms with E-state index in [0.29, 0.717) is 22.0 Å². The number of non-ortho nitro benzene ring substituents is 1. The van der Waals surface area contributed by atoms with E-state index in [0.717, 1.165) is 10.5 Å². The highest BCUT2D eigenvalue weighted by molar-refractivity contribution is 6.35. The summed E-state index contributed by atoms with van der Waals surface area (Å²) in [5, 5.41) is 13.4. The number of fused-ring (bicyclic) bond motifs is 1. The van der Waals surface area contributed by atoms with Crippen molar-refractivity contribution in [2.45, 2.75) is 19.1 Å². The first-order chi connectivity index (χ1) is 16.3. The molecular formula is C24H17Cl2N3O5. The fraction of sp³-hybridized carbons (Fsp3) is 0.167. The molecule has 0 saturated carbocycles. The van der Waals surface area contributed by atoms with Crippen LogP contribution in [0.5, 0.6) is 0 Å². The van der Waals surface area contributed by atoms with Crippen LogP contribution in [0.1, 0.15) is 17.2 Å². The number of amides is 2. The second-order valence-electron chi connectivity index (χ2n) is 8.12. The molecule has 0 radical (unpaired) electrons. The molecule has 3 aromatic rings. The zero-order valence-corrected chi connectivity index (χ0v) is 19.2. The van der Waals surface area contributed by atoms with Gasteiger partial charge in [-0.25, -0.2) is 9.96 Å². The van der Waals surface area contributed by atoms with Gasteiger partial charge in [0.25, 0.3) is 11.6 Å². The number of imide groups is 1. The molecule has 2 aliphatic heterocycles. The zero-order chi connectivity index (χ0) is 24.1. The van der Waals surface area contributed by atoms with E-state index in [4.69, 9.17) is 28.0 Å². The highest BCUT2D eigenvalue weighted by atomic mass is 35.5. The lowest BCUT2D eigenvalue weighted by Crippen LogP contribution is -2.37. The fourth-order valence-electron chi connectivity index (χ4n) is 4.46. The van der Waals surface area contributed by atoms with Crippen molar-refractivity contribution < 1.29 is 19.3 Å². The maximum atomic E-state index is 13.6. The molecule has 2 aliphatic rings. The molecule has 2 fully saturated rings. The quantitative estimate of drug-likeness (QED) is 0.277. The van der Waals surface area contributed by atoms with Crippen molar-refractivity contribution in [3.8, 4) is 0 Å². The Labute approximate surface area is 204 Å². The van der Waals surface area contributed by atoms with Gasteiger partial charge >= 0.3 is 0 Å². The van der Waals surface area contributed by atoms with E-state index in [2.05, 4.69) is 0 Å². The third kappa shape index (κ3) is 3.60. The largest absolute Gasteiger partial charge is 0.273 e. The van der Waals surface area contributed by atoms with Gasteiger partial charge in [-0.2, -0.15) is 0 Å². The Morgan fingerprint density at radius 3 is 2.38 bits per heavy atom. The van der Waals surface area contributed by atoms with E-state index in [9.17, 15) is 19.7 Å². The molecule has 5 rings (SSSR count). The van der Waals surface area contributed by atoms with E-state index >= 15 is 0 Å². The van der Waals surface area contributed by atoms with Crippen LogP contribution in [0.3, 0.4) is 0 Å². The van der Waals surface area contributed by atoms with Crippen LogP contribution in [-0.4, -0.2) is 22.8 Å². The van der Waals surface area contributed by atoms with Crippen LogP contribution in [0.4, 0.5) is 17.1 Å². The van der Waals surface area contributed by atoms with Gasteiger partial charge in [-0.1, -0.05) is 47.5 Å². The number of rotatable bonds is 4. The summed E-state index contributed by atoms with van der Waals surface area (Å²) in [7, 11) is 0. The number of carbonyl (C=O) groups is 2. The van der Waals surface area contributed by atoms with E-state index in [-0.39, 0.29) is 10.7 Å². The molecule has 0 aliphatic carbocycles. The summed E-state index contributed by atoms with van der Waals surface area (Å²) in [5.74, 6) is -1.88. The van der Waals surface area contributed by atoms with Gasteiger partial charge in [-0.3, -0.25) is 24.5 Å². The Hall–Kier alpha value is -3.46. The molecule has 0 bridgehead atoms. The molecule has 0 aromatic heterocycles. The lowest BCUT2D eigenvalue weighted by Gasteiger charge is -2.29. The Balaban J connectivity index is 1.63. The van der Waals surface area contributed by atoms with Crippen molar-refractivity contribution in [1.82, 2.24) is 0 Å². The first-order valence-corrected chi connectivity index (χ1v) is 11.1. The third-order valence-electron chi connectivity index (χ3n) is 5.95. The summed E-state index contributed by atoms with van der Waals surface area (Å²) in [6.07, 6.45) is -1.12. The molecule has 10 heteroatoms. The predicted molar refractivity (Wildman–Crippen MR) is 127 cm³/mol. The van der Waals surface area contributed by atoms with Crippen LogP contribution in [-0.2, 0) is 14.4 Å². The Morgan fingerprint density at radius 1 is 0.941 bits per heavy atom. The molecular weight excluding hydrogens is 481 g/mol. The second kappa shape index (κ2) is 8.39. The first kappa shape index (κ1) is 22.3. The van der Waals surface area contributed by atoms with Gasteiger partial charge in [0.2, 0.25) is 5.91 Å². The highest BCUT2D eigenvalue weighted by Gasteiger charge is 2.60. The summed E-state index contributed by atoms with van der Waals surface area (Å²) in [6, 6.07) is 16.9. The van der Waals surface area contributed by atoms with Crippen LogP contribution in [0.25, 0.3) is 0 Å². The van der Waals surface area contributed by atoms with Crippen molar-refractivity contribution in [3.63, 3.8) is 0 Å². The van der Waals surface area contributed by atoms with Crippen molar-refractivity contribution in [1.29, 1.82) is 0 Å². The Bertz CT molecular complexity index is 1350. The molecule has 8 nitrogen and oxygen atoms in total. The summed E-state index contributed by atoms with van der Waals surface area (Å²) < 4.78 is 0. The van der Waals surface area contributed by atoms with Crippen LogP contribution < -0.4 is 9.96 Å². The summed E-state index contributed by atoms with van der Waals surface area (Å²) in [4.78, 5) is 45.0. The minimum Gasteiger partial charge on any atom is -0.273 e. The van der Waals surface area contributed by atoms with Crippen molar-refractivity contribution in [2.24, 2.45) is 5.92 Å². The maximum Gasteiger partial charge on any atom is 0.271 e. The van der Waals surface area contributed by atoms with Crippen molar-refractivity contribution in [2.75, 3.05) is 9.96 Å². The van der Waals surface area contributed by atoms with Gasteiger partial charge < -0.3 is 0 Å². The second-order valence-corrected chi connectivity index (χ2v) is 8.96. The van der Waals surface area contributed by atoms with Gasteiger partial charge in [0.15, 0.2) is 6.10 Å². The lowest BCUT2D eigenvalue weighted by molar-refractivity contribution is -0.384. The molecule has 2 amide bonds. The molecule has 2 saturated heterocycles. The average Bonchev–Trinajstić information content (AvgIpc) is 3.30. The zero-order valence-electron chi connectivity index (χ0n) is 17.7. The molecule has 3 atom stereocenters. The standard InChI is InChI=1S/C24H17Cl2N3O5/c1-13-4-2-5-15(10-13)27-23(30)20-21(18-9-8-14(25)11-19(18)26)28(34-22(20)24(27)31)16-6-3-7-17(12-16)29(32)33/h2-12,20-22H,1H3/t20-,21+,22-/m1/s1. The maximum absolute atomic E-state index is 13.6. The number of nitro groups is 1. The number of benzene rings is 3. The number of hydrogen-bond acceptors (Lipinski definition) is 6. The van der Waals surface area contributed by atoms with Crippen LogP contribution in [0.2, 0.25) is 10.0 Å². The van der Waals surface area contributed by atoms with Gasteiger partial charge in [0, 0.05) is 22.2 Å². The number of carbonyl (C=O) groups excluding carboxylic acids is 2. The van der Waals surface area contributed by atoms with Gasteiger partial charge in [0.05, 0.1) is 22.3 Å². The van der Waals surface area contributed by atoms with E-state index in [1.165, 1.54) is 29.3 Å². The number of nitro benzene ring substituents is 1. The first-order valence-electron chi connectivity index (χ1n) is 10.4. The average molecular weight is 498 g/mol. The van der Waals surface area contributed by atoms with Crippen LogP contribution in [0.15, 0.2) is 66.7 Å². The molecule has 3 aromatic carbocycles. The molecule has 0 N–H and O–H groups in total. The van der Waals surface area contributed by atoms with Crippen molar-refractivity contribution >= 4 is 52.1 Å². The highest BCUT2D eigenvalue weighted by Crippen LogP contribution is 2.49. The van der Waals surface area contributed by atoms with Gasteiger partial charge in [-0.15, -0.1) is 0 Å². The number of anilines is 2. The van der Waals surface area contributed by atoms with E-state index < -0.39 is 34.8 Å². The number of hydrogen-bond donors (Lipinski definition) is 0. The van der Waals surface area contributed by atoms with Crippen molar-refractivity contribution in [3.05, 3.63) is 98.0 Å². The fourth-order valence-corrected chi connectivity index (χ4v) is 4.98. The molecule has 0 unspecified atom stereocenters. The summed E-state index contributed by atoms with van der Waals surface area (Å²) in [6.45, 7) is 1.87. The monoisotopic (exact) mass is 497 g/mol. The molecule has 172 valence electrons. The predicted octanol–water partition coefficient (Wildman–Crippen LogP) is 5.26. The van der Waals surface area contributed by atoms with Crippen LogP contribution in [0, 0.1) is 23.0 Å². The van der Waals surface area contributed by atoms with Gasteiger partial charge in [0.1, 0.15) is 5.92 Å². The van der Waals surface area contributed by atoms with E-state index in [1.807, 2.05) is 13.0 Å². The SMILES string of the molecule is Cc1cccc(N2C(=O)[C@H]3[C@@H](ON(c4cccc([N+](=O)[O-])c4)[C@H]3c3ccc(Cl)cc3Cl)C2=O)c1. The smallest absolute Gasteiger partial charge is 0.271 e. The third-order valence-corrected chi connectivity index (χ3v) is 6.51. The van der Waals surface area contributed by atoms with Gasteiger partial charge in [-0.05, 0) is 48.4 Å². The number of aryl methyl sites for hydroxylation is 1. The topological polar surface area (TPSA) is 93.0 Å². The minimum atomic E-state index is -1.12. The molecule has 0 spiro atoms. The Morgan fingerprint density at radius 2 is 1.68 bits per heavy atom. The molecule has 34 heavy (non-hydrogen) atoms. The summed E-state index contributed by atoms with van der Waals surface area (Å²) >= 11 is 12.6. The number of halogens is 2. The minimum absolute atomic E-state index is 0.154. The normalized spacial score (nSPS) is 21.8. The Kier molecular flexibility index (Phi) is 5.51. The summed E-state index contributed by atoms with van der Waals surface area (Å²) in [5.41, 5.74) is 2.03. The molecule has 2 heterocycles. The van der Waals surface area contributed by atoms with Crippen LogP contribution >= 0.6 is 23.2 Å².